The fourth-order valence-electron chi connectivity index (χ4n) is 4.13. The van der Waals surface area contributed by atoms with Gasteiger partial charge in [-0.25, -0.2) is 14.6 Å². The molecule has 1 saturated heterocycles. The molecule has 2 aromatic rings. The highest BCUT2D eigenvalue weighted by atomic mass is 35.5. The van der Waals surface area contributed by atoms with E-state index < -0.39 is 11.9 Å². The third-order valence-corrected chi connectivity index (χ3v) is 6.87. The van der Waals surface area contributed by atoms with E-state index >= 15 is 0 Å². The summed E-state index contributed by atoms with van der Waals surface area (Å²) < 4.78 is 5.02. The SMILES string of the molecule is O=C(N[C@H]1C[C@H](CCN2CCN(c3cccc(Cl)c3Cl)CC2)C1)c1ncco1.O=C(O)/C=C/C(=O)O. The molecule has 1 aromatic carbocycles. The minimum atomic E-state index is -1.26. The predicted molar refractivity (Wildman–Crippen MR) is 135 cm³/mol. The van der Waals surface area contributed by atoms with Crippen LogP contribution in [0.1, 0.15) is 29.9 Å². The van der Waals surface area contributed by atoms with Crippen LogP contribution in [0.25, 0.3) is 0 Å². The van der Waals surface area contributed by atoms with Gasteiger partial charge in [0.2, 0.25) is 0 Å². The van der Waals surface area contributed by atoms with Crippen LogP contribution in [0.5, 0.6) is 0 Å². The Morgan fingerprint density at radius 2 is 1.75 bits per heavy atom. The molecule has 0 unspecified atom stereocenters. The molecule has 3 N–H and O–H groups in total. The van der Waals surface area contributed by atoms with E-state index in [0.29, 0.717) is 28.1 Å². The number of carbonyl (C=O) groups excluding carboxylic acids is 1. The summed E-state index contributed by atoms with van der Waals surface area (Å²) in [5.41, 5.74) is 1.03. The van der Waals surface area contributed by atoms with Gasteiger partial charge in [0.1, 0.15) is 6.26 Å². The van der Waals surface area contributed by atoms with Crippen molar-refractivity contribution in [2.75, 3.05) is 37.6 Å². The number of amides is 1. The Morgan fingerprint density at radius 1 is 1.08 bits per heavy atom. The number of nitrogens with one attached hydrogen (secondary N) is 1. The second-order valence-electron chi connectivity index (χ2n) is 8.55. The molecular formula is C24H28Cl2N4O6. The molecule has 1 aliphatic carbocycles. The van der Waals surface area contributed by atoms with Crippen LogP contribution in [0.15, 0.2) is 47.2 Å². The number of hydrogen-bond acceptors (Lipinski definition) is 7. The Kier molecular flexibility index (Phi) is 10.2. The van der Waals surface area contributed by atoms with Gasteiger partial charge in [-0.05, 0) is 43.9 Å². The van der Waals surface area contributed by atoms with Crippen molar-refractivity contribution >= 4 is 46.7 Å². The minimum absolute atomic E-state index is 0.140. The van der Waals surface area contributed by atoms with E-state index in [9.17, 15) is 14.4 Å². The molecule has 4 rings (SSSR count). The number of hydrogen-bond donors (Lipinski definition) is 3. The number of nitrogens with zero attached hydrogens (tertiary/aromatic N) is 3. The van der Waals surface area contributed by atoms with Crippen molar-refractivity contribution in [2.24, 2.45) is 5.92 Å². The van der Waals surface area contributed by atoms with Crippen LogP contribution < -0.4 is 10.2 Å². The van der Waals surface area contributed by atoms with Gasteiger partial charge in [-0.3, -0.25) is 9.69 Å². The molecule has 12 heteroatoms. The third kappa shape index (κ3) is 8.25. The van der Waals surface area contributed by atoms with Crippen LogP contribution in [0.4, 0.5) is 5.69 Å². The second kappa shape index (κ2) is 13.3. The van der Waals surface area contributed by atoms with Gasteiger partial charge >= 0.3 is 17.8 Å². The van der Waals surface area contributed by atoms with Gasteiger partial charge in [-0.1, -0.05) is 29.3 Å². The normalized spacial score (nSPS) is 19.8. The molecule has 0 bridgehead atoms. The van der Waals surface area contributed by atoms with Gasteiger partial charge in [0.25, 0.3) is 5.89 Å². The van der Waals surface area contributed by atoms with E-state index in [4.69, 9.17) is 37.8 Å². The quantitative estimate of drug-likeness (QED) is 0.431. The first kappa shape index (κ1) is 27.5. The molecule has 2 heterocycles. The van der Waals surface area contributed by atoms with Gasteiger partial charge in [-0.15, -0.1) is 0 Å². The van der Waals surface area contributed by atoms with Gasteiger partial charge in [-0.2, -0.15) is 0 Å². The lowest BCUT2D eigenvalue weighted by molar-refractivity contribution is -0.134. The summed E-state index contributed by atoms with van der Waals surface area (Å²) in [7, 11) is 0. The van der Waals surface area contributed by atoms with E-state index in [1.165, 1.54) is 18.9 Å². The number of piperazine rings is 1. The fraction of sp³-hybridized carbons (Fsp3) is 0.417. The summed E-state index contributed by atoms with van der Waals surface area (Å²) >= 11 is 12.5. The van der Waals surface area contributed by atoms with E-state index in [1.54, 1.807) is 0 Å². The number of carboxylic acids is 2. The topological polar surface area (TPSA) is 136 Å². The first-order chi connectivity index (χ1) is 17.2. The van der Waals surface area contributed by atoms with Crippen molar-refractivity contribution in [1.29, 1.82) is 0 Å². The minimum Gasteiger partial charge on any atom is -0.478 e. The Labute approximate surface area is 218 Å². The van der Waals surface area contributed by atoms with Crippen LogP contribution in [0, 0.1) is 5.92 Å². The number of carboxylic acid groups (broad SMARTS) is 2. The second-order valence-corrected chi connectivity index (χ2v) is 9.33. The monoisotopic (exact) mass is 538 g/mol. The summed E-state index contributed by atoms with van der Waals surface area (Å²) in [5, 5.41) is 19.9. The van der Waals surface area contributed by atoms with Crippen molar-refractivity contribution in [1.82, 2.24) is 15.2 Å². The first-order valence-electron chi connectivity index (χ1n) is 11.5. The maximum absolute atomic E-state index is 11.9. The first-order valence-corrected chi connectivity index (χ1v) is 12.2. The smallest absolute Gasteiger partial charge is 0.328 e. The highest BCUT2D eigenvalue weighted by molar-refractivity contribution is 6.43. The lowest BCUT2D eigenvalue weighted by atomic mass is 9.78. The number of halogens is 2. The summed E-state index contributed by atoms with van der Waals surface area (Å²) in [6.07, 6.45) is 7.25. The standard InChI is InChI=1S/C20H24Cl2N4O2.C4H4O4/c21-16-2-1-3-17(18(16)22)26-9-7-25(8-10-26)6-4-14-12-15(13-14)24-19(27)20-23-5-11-28-20;5-3(6)1-2-4(7)8/h1-3,5,11,14-15H,4,6-10,12-13H2,(H,24,27);1-2H,(H,5,6)(H,7,8)/b;2-1+/t14-,15-;. The Balaban J connectivity index is 0.000000392. The maximum Gasteiger partial charge on any atom is 0.328 e. The molecular weight excluding hydrogens is 511 g/mol. The van der Waals surface area contributed by atoms with Gasteiger partial charge < -0.3 is 24.8 Å². The van der Waals surface area contributed by atoms with E-state index in [0.717, 1.165) is 51.3 Å². The van der Waals surface area contributed by atoms with Gasteiger partial charge in [0, 0.05) is 44.4 Å². The van der Waals surface area contributed by atoms with E-state index in [1.807, 2.05) is 18.2 Å². The molecule has 1 aromatic heterocycles. The molecule has 1 saturated carbocycles. The molecule has 1 aliphatic heterocycles. The van der Waals surface area contributed by atoms with Gasteiger partial charge in [0.15, 0.2) is 0 Å². The third-order valence-electron chi connectivity index (χ3n) is 6.06. The lowest BCUT2D eigenvalue weighted by Gasteiger charge is -2.39. The van der Waals surface area contributed by atoms with E-state index in [2.05, 4.69) is 20.1 Å². The number of carbonyl (C=O) groups is 3. The lowest BCUT2D eigenvalue weighted by Crippen LogP contribution is -2.48. The molecule has 0 atom stereocenters. The largest absolute Gasteiger partial charge is 0.478 e. The van der Waals surface area contributed by atoms with Crippen LogP contribution >= 0.6 is 23.2 Å². The predicted octanol–water partition coefficient (Wildman–Crippen LogP) is 3.41. The average Bonchev–Trinajstić information content (AvgIpc) is 3.37. The maximum atomic E-state index is 11.9. The van der Waals surface area contributed by atoms with Crippen molar-refractivity contribution in [3.8, 4) is 0 Å². The Bertz CT molecular complexity index is 1050. The number of aromatic nitrogens is 1. The number of rotatable bonds is 8. The zero-order valence-corrected chi connectivity index (χ0v) is 21.0. The molecule has 1 amide bonds. The zero-order chi connectivity index (χ0) is 26.1. The number of benzene rings is 1. The van der Waals surface area contributed by atoms with Crippen molar-refractivity contribution < 1.29 is 29.0 Å². The summed E-state index contributed by atoms with van der Waals surface area (Å²) in [4.78, 5) is 39.7. The average molecular weight is 539 g/mol. The highest BCUT2D eigenvalue weighted by Crippen LogP contribution is 2.33. The molecule has 10 nitrogen and oxygen atoms in total. The number of anilines is 1. The zero-order valence-electron chi connectivity index (χ0n) is 19.5. The van der Waals surface area contributed by atoms with Crippen LogP contribution in [-0.2, 0) is 9.59 Å². The van der Waals surface area contributed by atoms with Crippen molar-refractivity contribution in [2.45, 2.75) is 25.3 Å². The molecule has 0 radical (unpaired) electrons. The van der Waals surface area contributed by atoms with Crippen LogP contribution in [0.2, 0.25) is 10.0 Å². The summed E-state index contributed by atoms with van der Waals surface area (Å²) in [5.74, 6) is -1.92. The molecule has 2 fully saturated rings. The molecule has 194 valence electrons. The Morgan fingerprint density at radius 3 is 2.33 bits per heavy atom. The molecule has 2 aliphatic rings. The molecule has 0 spiro atoms. The Hall–Kier alpha value is -3.08. The van der Waals surface area contributed by atoms with Crippen LogP contribution in [0.3, 0.4) is 0 Å². The number of aliphatic carboxylic acids is 2. The fourth-order valence-corrected chi connectivity index (χ4v) is 4.54. The van der Waals surface area contributed by atoms with Gasteiger partial charge in [0.05, 0.1) is 21.9 Å². The highest BCUT2D eigenvalue weighted by Gasteiger charge is 2.31. The van der Waals surface area contributed by atoms with Crippen molar-refractivity contribution in [3.05, 3.63) is 58.7 Å². The van der Waals surface area contributed by atoms with E-state index in [-0.39, 0.29) is 17.8 Å². The molecule has 36 heavy (non-hydrogen) atoms. The van der Waals surface area contributed by atoms with Crippen LogP contribution in [-0.4, -0.2) is 76.7 Å². The van der Waals surface area contributed by atoms with Crippen molar-refractivity contribution in [3.63, 3.8) is 0 Å². The number of oxazole rings is 1. The summed E-state index contributed by atoms with van der Waals surface area (Å²) in [6, 6.07) is 6.05. The summed E-state index contributed by atoms with van der Waals surface area (Å²) in [6.45, 7) is 5.07.